The van der Waals surface area contributed by atoms with Crippen molar-refractivity contribution in [2.45, 2.75) is 57.9 Å². The fraction of sp³-hybridized carbons (Fsp3) is 0.364. The molecule has 2 amide bonds. The van der Waals surface area contributed by atoms with Crippen LogP contribution in [0.15, 0.2) is 78.9 Å². The molecule has 0 bridgehead atoms. The van der Waals surface area contributed by atoms with Crippen LogP contribution in [0.25, 0.3) is 11.1 Å². The Morgan fingerprint density at radius 1 is 0.951 bits per heavy atom. The van der Waals surface area contributed by atoms with Gasteiger partial charge in [0.1, 0.15) is 18.7 Å². The Bertz CT molecular complexity index is 1380. The molecule has 3 aromatic rings. The second-order valence-electron chi connectivity index (χ2n) is 11.5. The quantitative estimate of drug-likeness (QED) is 0.375. The summed E-state index contributed by atoms with van der Waals surface area (Å²) in [7, 11) is 0. The van der Waals surface area contributed by atoms with Crippen molar-refractivity contribution >= 4 is 18.0 Å². The standard InChI is InChI=1S/C33H36N2O6/c1-21(40-19-22-11-5-4-6-12-22)28(30(36)35-18-17-33(2,3)29(35)31(37)38)34-32(39)41-20-27-25-15-9-7-13-23(25)24-14-8-10-16-26(24)27/h4-16,21,27-29H,17-20H2,1-3H3,(H,34,39)(H,37,38). The Hall–Kier alpha value is -4.17. The summed E-state index contributed by atoms with van der Waals surface area (Å²) in [5.74, 6) is -1.71. The van der Waals surface area contributed by atoms with Crippen molar-refractivity contribution in [3.05, 3.63) is 95.6 Å². The summed E-state index contributed by atoms with van der Waals surface area (Å²) in [6.45, 7) is 5.97. The van der Waals surface area contributed by atoms with Gasteiger partial charge in [-0.15, -0.1) is 0 Å². The van der Waals surface area contributed by atoms with Gasteiger partial charge < -0.3 is 24.8 Å². The molecule has 8 nitrogen and oxygen atoms in total. The number of nitrogens with zero attached hydrogens (tertiary/aromatic N) is 1. The summed E-state index contributed by atoms with van der Waals surface area (Å²) >= 11 is 0. The summed E-state index contributed by atoms with van der Waals surface area (Å²) in [4.78, 5) is 40.6. The zero-order valence-electron chi connectivity index (χ0n) is 23.6. The molecule has 0 aromatic heterocycles. The van der Waals surface area contributed by atoms with Crippen LogP contribution in [0, 0.1) is 5.41 Å². The maximum absolute atomic E-state index is 13.8. The lowest BCUT2D eigenvalue weighted by Gasteiger charge is -2.33. The molecular weight excluding hydrogens is 520 g/mol. The van der Waals surface area contributed by atoms with Crippen LogP contribution in [0.2, 0.25) is 0 Å². The highest BCUT2D eigenvalue weighted by Crippen LogP contribution is 2.44. The van der Waals surface area contributed by atoms with Crippen LogP contribution < -0.4 is 5.32 Å². The molecular formula is C33H36N2O6. The number of hydrogen-bond donors (Lipinski definition) is 2. The number of hydrogen-bond acceptors (Lipinski definition) is 5. The van der Waals surface area contributed by atoms with Crippen molar-refractivity contribution in [2.24, 2.45) is 5.41 Å². The Morgan fingerprint density at radius 2 is 1.54 bits per heavy atom. The second-order valence-corrected chi connectivity index (χ2v) is 11.5. The Kier molecular flexibility index (Phi) is 8.13. The highest BCUT2D eigenvalue weighted by molar-refractivity contribution is 5.90. The number of likely N-dealkylation sites (tertiary alicyclic amines) is 1. The number of aliphatic carboxylic acids is 1. The summed E-state index contributed by atoms with van der Waals surface area (Å²) < 4.78 is 11.7. The molecule has 1 saturated heterocycles. The van der Waals surface area contributed by atoms with Crippen LogP contribution in [0.1, 0.15) is 49.8 Å². The van der Waals surface area contributed by atoms with Gasteiger partial charge in [0, 0.05) is 12.5 Å². The summed E-state index contributed by atoms with van der Waals surface area (Å²) in [5, 5.41) is 12.7. The van der Waals surface area contributed by atoms with E-state index in [-0.39, 0.29) is 25.7 Å². The zero-order valence-corrected chi connectivity index (χ0v) is 23.6. The fourth-order valence-corrected chi connectivity index (χ4v) is 6.03. The molecule has 214 valence electrons. The van der Waals surface area contributed by atoms with Gasteiger partial charge in [-0.3, -0.25) is 4.79 Å². The zero-order chi connectivity index (χ0) is 29.1. The van der Waals surface area contributed by atoms with Gasteiger partial charge in [-0.2, -0.15) is 0 Å². The molecule has 2 N–H and O–H groups in total. The van der Waals surface area contributed by atoms with E-state index in [1.165, 1.54) is 4.90 Å². The number of carboxylic acid groups (broad SMARTS) is 1. The lowest BCUT2D eigenvalue weighted by molar-refractivity contribution is -0.153. The van der Waals surface area contributed by atoms with Crippen LogP contribution in [0.3, 0.4) is 0 Å². The minimum Gasteiger partial charge on any atom is -0.480 e. The molecule has 1 fully saturated rings. The van der Waals surface area contributed by atoms with E-state index in [1.807, 2.05) is 80.6 Å². The molecule has 1 heterocycles. The average molecular weight is 557 g/mol. The number of fused-ring (bicyclic) bond motifs is 3. The van der Waals surface area contributed by atoms with E-state index in [4.69, 9.17) is 9.47 Å². The fourth-order valence-electron chi connectivity index (χ4n) is 6.03. The SMILES string of the molecule is CC(OCc1ccccc1)C(NC(=O)OCC1c2ccccc2-c2ccccc21)C(=O)N1CCC(C)(C)C1C(=O)O. The smallest absolute Gasteiger partial charge is 0.407 e. The van der Waals surface area contributed by atoms with Crippen molar-refractivity contribution in [3.8, 4) is 11.1 Å². The van der Waals surface area contributed by atoms with Crippen LogP contribution in [0.4, 0.5) is 4.79 Å². The van der Waals surface area contributed by atoms with Crippen molar-refractivity contribution in [1.29, 1.82) is 0 Å². The highest BCUT2D eigenvalue weighted by atomic mass is 16.5. The maximum Gasteiger partial charge on any atom is 0.407 e. The maximum atomic E-state index is 13.8. The van der Waals surface area contributed by atoms with Crippen molar-refractivity contribution < 1.29 is 29.0 Å². The number of carbonyl (C=O) groups is 3. The number of amides is 2. The molecule has 3 atom stereocenters. The molecule has 8 heteroatoms. The lowest BCUT2D eigenvalue weighted by Crippen LogP contribution is -2.57. The number of nitrogens with one attached hydrogen (secondary N) is 1. The molecule has 1 aliphatic heterocycles. The first-order valence-electron chi connectivity index (χ1n) is 14.0. The highest BCUT2D eigenvalue weighted by Gasteiger charge is 2.49. The number of alkyl carbamates (subject to hydrolysis) is 1. The largest absolute Gasteiger partial charge is 0.480 e. The number of carboxylic acids is 1. The summed E-state index contributed by atoms with van der Waals surface area (Å²) in [6.07, 6.45) is -0.973. The monoisotopic (exact) mass is 556 g/mol. The molecule has 0 radical (unpaired) electrons. The molecule has 5 rings (SSSR count). The molecule has 41 heavy (non-hydrogen) atoms. The molecule has 0 saturated carbocycles. The second kappa shape index (κ2) is 11.7. The Morgan fingerprint density at radius 3 is 2.15 bits per heavy atom. The lowest BCUT2D eigenvalue weighted by atomic mass is 9.84. The predicted octanol–water partition coefficient (Wildman–Crippen LogP) is 5.21. The van der Waals surface area contributed by atoms with Gasteiger partial charge in [0.25, 0.3) is 0 Å². The van der Waals surface area contributed by atoms with Gasteiger partial charge in [0.2, 0.25) is 5.91 Å². The van der Waals surface area contributed by atoms with Gasteiger partial charge >= 0.3 is 12.1 Å². The van der Waals surface area contributed by atoms with E-state index in [1.54, 1.807) is 6.92 Å². The van der Waals surface area contributed by atoms with E-state index in [9.17, 15) is 19.5 Å². The van der Waals surface area contributed by atoms with Crippen molar-refractivity contribution in [2.75, 3.05) is 13.2 Å². The molecule has 2 aliphatic rings. The van der Waals surface area contributed by atoms with Crippen molar-refractivity contribution in [3.63, 3.8) is 0 Å². The third-order valence-corrected chi connectivity index (χ3v) is 8.27. The first kappa shape index (κ1) is 28.4. The van der Waals surface area contributed by atoms with Crippen LogP contribution in [-0.4, -0.2) is 59.3 Å². The first-order chi connectivity index (χ1) is 19.7. The Labute approximate surface area is 240 Å². The minimum atomic E-state index is -1.13. The molecule has 3 unspecified atom stereocenters. The van der Waals surface area contributed by atoms with Crippen LogP contribution >= 0.6 is 0 Å². The van der Waals surface area contributed by atoms with Gasteiger partial charge in [-0.1, -0.05) is 92.7 Å². The van der Waals surface area contributed by atoms with Gasteiger partial charge in [-0.05, 0) is 46.6 Å². The number of rotatable bonds is 9. The number of benzene rings is 3. The summed E-state index contributed by atoms with van der Waals surface area (Å²) in [5.41, 5.74) is 4.70. The Balaban J connectivity index is 1.32. The third-order valence-electron chi connectivity index (χ3n) is 8.27. The minimum absolute atomic E-state index is 0.0918. The van der Waals surface area contributed by atoms with Gasteiger partial charge in [0.05, 0.1) is 12.7 Å². The van der Waals surface area contributed by atoms with E-state index in [0.717, 1.165) is 27.8 Å². The van der Waals surface area contributed by atoms with Gasteiger partial charge in [0.15, 0.2) is 0 Å². The normalized spacial score (nSPS) is 18.7. The average Bonchev–Trinajstić information content (AvgIpc) is 3.47. The molecule has 3 aromatic carbocycles. The third kappa shape index (κ3) is 5.84. The van der Waals surface area contributed by atoms with E-state index in [2.05, 4.69) is 17.4 Å². The number of carbonyl (C=O) groups excluding carboxylic acids is 2. The number of ether oxygens (including phenoxy) is 2. The predicted molar refractivity (Wildman–Crippen MR) is 154 cm³/mol. The van der Waals surface area contributed by atoms with Gasteiger partial charge in [-0.25, -0.2) is 9.59 Å². The topological polar surface area (TPSA) is 105 Å². The van der Waals surface area contributed by atoms with Crippen molar-refractivity contribution in [1.82, 2.24) is 10.2 Å². The first-order valence-corrected chi connectivity index (χ1v) is 14.0. The van der Waals surface area contributed by atoms with Crippen LogP contribution in [0.5, 0.6) is 0 Å². The van der Waals surface area contributed by atoms with E-state index >= 15 is 0 Å². The summed E-state index contributed by atoms with van der Waals surface area (Å²) in [6, 6.07) is 23.5. The molecule has 1 aliphatic carbocycles. The van der Waals surface area contributed by atoms with Crippen LogP contribution in [-0.2, 0) is 25.7 Å². The molecule has 0 spiro atoms. The van der Waals surface area contributed by atoms with E-state index in [0.29, 0.717) is 6.42 Å². The van der Waals surface area contributed by atoms with E-state index < -0.39 is 41.6 Å².